The lowest BCUT2D eigenvalue weighted by molar-refractivity contribution is -0.143. The molecule has 0 aromatic heterocycles. The maximum Gasteiger partial charge on any atom is 0.317 e. The first-order valence-corrected chi connectivity index (χ1v) is 6.48. The summed E-state index contributed by atoms with van der Waals surface area (Å²) in [5.41, 5.74) is 0.0539. The van der Waals surface area contributed by atoms with Crippen LogP contribution in [0.2, 0.25) is 0 Å². The average Bonchev–Trinajstić information content (AvgIpc) is 2.24. The summed E-state index contributed by atoms with van der Waals surface area (Å²) >= 11 is 0. The van der Waals surface area contributed by atoms with Crippen LogP contribution < -0.4 is 5.32 Å². The molecule has 1 rings (SSSR count). The molecule has 0 aromatic carbocycles. The van der Waals surface area contributed by atoms with E-state index in [-0.39, 0.29) is 23.4 Å². The second-order valence-electron chi connectivity index (χ2n) is 6.32. The molecule has 0 spiro atoms. The van der Waals surface area contributed by atoms with Gasteiger partial charge >= 0.3 is 12.0 Å². The Hall–Kier alpha value is -1.26. The van der Waals surface area contributed by atoms with Crippen LogP contribution in [-0.4, -0.2) is 41.1 Å². The van der Waals surface area contributed by atoms with E-state index < -0.39 is 5.97 Å². The zero-order valence-electron chi connectivity index (χ0n) is 11.7. The van der Waals surface area contributed by atoms with Gasteiger partial charge in [-0.15, -0.1) is 0 Å². The Labute approximate surface area is 109 Å². The molecule has 0 aromatic rings. The highest BCUT2D eigenvalue weighted by atomic mass is 16.4. The van der Waals surface area contributed by atoms with Gasteiger partial charge in [0.1, 0.15) is 0 Å². The minimum absolute atomic E-state index is 0.0141. The van der Waals surface area contributed by atoms with E-state index in [0.29, 0.717) is 25.9 Å². The highest BCUT2D eigenvalue weighted by molar-refractivity contribution is 5.75. The molecule has 1 aliphatic rings. The zero-order chi connectivity index (χ0) is 13.9. The Morgan fingerprint density at radius 3 is 2.44 bits per heavy atom. The Balaban J connectivity index is 2.48. The molecule has 1 heterocycles. The van der Waals surface area contributed by atoms with E-state index in [0.717, 1.165) is 0 Å². The lowest BCUT2D eigenvalue weighted by Gasteiger charge is -2.36. The van der Waals surface area contributed by atoms with Gasteiger partial charge in [-0.05, 0) is 25.2 Å². The normalized spacial score (nSPS) is 24.8. The third-order valence-corrected chi connectivity index (χ3v) is 3.26. The molecule has 5 nitrogen and oxygen atoms in total. The smallest absolute Gasteiger partial charge is 0.317 e. The van der Waals surface area contributed by atoms with E-state index in [4.69, 9.17) is 5.11 Å². The zero-order valence-corrected chi connectivity index (χ0v) is 11.7. The first-order valence-electron chi connectivity index (χ1n) is 6.48. The number of rotatable bonds is 2. The minimum Gasteiger partial charge on any atom is -0.481 e. The largest absolute Gasteiger partial charge is 0.481 e. The summed E-state index contributed by atoms with van der Waals surface area (Å²) in [5.74, 6) is -1.07. The number of likely N-dealkylation sites (tertiary alicyclic amines) is 1. The molecule has 104 valence electrons. The van der Waals surface area contributed by atoms with Crippen LogP contribution in [0.15, 0.2) is 0 Å². The summed E-state index contributed by atoms with van der Waals surface area (Å²) in [5, 5.41) is 11.9. The fraction of sp³-hybridized carbons (Fsp3) is 0.846. The summed E-state index contributed by atoms with van der Waals surface area (Å²) in [6.45, 7) is 9.24. The molecular formula is C13H24N2O3. The summed E-state index contributed by atoms with van der Waals surface area (Å²) in [6.07, 6.45) is 1.08. The fourth-order valence-electron chi connectivity index (χ4n) is 2.14. The molecule has 18 heavy (non-hydrogen) atoms. The predicted octanol–water partition coefficient (Wildman–Crippen LogP) is 1.93. The van der Waals surface area contributed by atoms with Gasteiger partial charge in [0, 0.05) is 19.1 Å². The lowest BCUT2D eigenvalue weighted by atomic mass is 9.92. The van der Waals surface area contributed by atoms with Gasteiger partial charge in [-0.3, -0.25) is 4.79 Å². The van der Waals surface area contributed by atoms with Gasteiger partial charge in [0.2, 0.25) is 0 Å². The van der Waals surface area contributed by atoms with Crippen molar-refractivity contribution in [3.05, 3.63) is 0 Å². The van der Waals surface area contributed by atoms with Crippen LogP contribution in [0.1, 0.15) is 40.5 Å². The molecule has 1 fully saturated rings. The molecule has 2 N–H and O–H groups in total. The van der Waals surface area contributed by atoms with Crippen LogP contribution in [-0.2, 0) is 4.79 Å². The average molecular weight is 256 g/mol. The molecule has 0 saturated carbocycles. The number of nitrogens with one attached hydrogen (secondary N) is 1. The number of amides is 2. The van der Waals surface area contributed by atoms with E-state index in [2.05, 4.69) is 26.1 Å². The van der Waals surface area contributed by atoms with Gasteiger partial charge in [-0.25, -0.2) is 4.79 Å². The predicted molar refractivity (Wildman–Crippen MR) is 69.4 cm³/mol. The number of carboxylic acids is 1. The molecule has 1 saturated heterocycles. The number of hydrogen-bond donors (Lipinski definition) is 2. The fourth-order valence-corrected chi connectivity index (χ4v) is 2.14. The number of carboxylic acid groups (broad SMARTS) is 1. The second kappa shape index (κ2) is 5.59. The van der Waals surface area contributed by atoms with Crippen molar-refractivity contribution in [1.29, 1.82) is 0 Å². The molecule has 0 bridgehead atoms. The standard InChI is InChI=1S/C13H24N2O3/c1-9-7-10(11(16)17)5-6-15(9)12(18)14-8-13(2,3)4/h9-10H,5-8H2,1-4H3,(H,14,18)(H,16,17). The Kier molecular flexibility index (Phi) is 4.59. The van der Waals surface area contributed by atoms with Crippen LogP contribution in [0.25, 0.3) is 0 Å². The highest BCUT2D eigenvalue weighted by Gasteiger charge is 2.32. The molecule has 0 aliphatic carbocycles. The van der Waals surface area contributed by atoms with Crippen molar-refractivity contribution in [2.24, 2.45) is 11.3 Å². The molecule has 2 amide bonds. The van der Waals surface area contributed by atoms with Gasteiger partial charge in [0.15, 0.2) is 0 Å². The molecule has 2 unspecified atom stereocenters. The maximum atomic E-state index is 12.0. The molecule has 1 aliphatic heterocycles. The summed E-state index contributed by atoms with van der Waals surface area (Å²) in [7, 11) is 0. The van der Waals surface area contributed by atoms with E-state index >= 15 is 0 Å². The van der Waals surface area contributed by atoms with Gasteiger partial charge in [-0.2, -0.15) is 0 Å². The van der Waals surface area contributed by atoms with Crippen LogP contribution in [0.4, 0.5) is 4.79 Å². The maximum absolute atomic E-state index is 12.0. The number of carbonyl (C=O) groups excluding carboxylic acids is 1. The highest BCUT2D eigenvalue weighted by Crippen LogP contribution is 2.23. The van der Waals surface area contributed by atoms with Crippen LogP contribution in [0.5, 0.6) is 0 Å². The number of piperidine rings is 1. The van der Waals surface area contributed by atoms with Gasteiger partial charge in [-0.1, -0.05) is 20.8 Å². The van der Waals surface area contributed by atoms with E-state index in [1.54, 1.807) is 4.90 Å². The van der Waals surface area contributed by atoms with Crippen molar-refractivity contribution in [2.45, 2.75) is 46.6 Å². The third kappa shape index (κ3) is 4.20. The Morgan fingerprint density at radius 2 is 2.00 bits per heavy atom. The molecule has 2 atom stereocenters. The molecular weight excluding hydrogens is 232 g/mol. The summed E-state index contributed by atoms with van der Waals surface area (Å²) in [4.78, 5) is 24.7. The second-order valence-corrected chi connectivity index (χ2v) is 6.32. The first kappa shape index (κ1) is 14.8. The van der Waals surface area contributed by atoms with Crippen molar-refractivity contribution in [2.75, 3.05) is 13.1 Å². The minimum atomic E-state index is -0.753. The number of aliphatic carboxylic acids is 1. The Bertz CT molecular complexity index is 323. The van der Waals surface area contributed by atoms with Crippen molar-refractivity contribution < 1.29 is 14.7 Å². The van der Waals surface area contributed by atoms with Crippen LogP contribution in [0, 0.1) is 11.3 Å². The SMILES string of the molecule is CC1CC(C(=O)O)CCN1C(=O)NCC(C)(C)C. The van der Waals surface area contributed by atoms with Crippen LogP contribution in [0.3, 0.4) is 0 Å². The number of nitrogens with zero attached hydrogens (tertiary/aromatic N) is 1. The quantitative estimate of drug-likeness (QED) is 0.793. The molecule has 5 heteroatoms. The van der Waals surface area contributed by atoms with Gasteiger partial charge in [0.05, 0.1) is 5.92 Å². The molecule has 0 radical (unpaired) electrons. The van der Waals surface area contributed by atoms with Crippen molar-refractivity contribution >= 4 is 12.0 Å². The van der Waals surface area contributed by atoms with Crippen LogP contribution >= 0.6 is 0 Å². The topological polar surface area (TPSA) is 69.6 Å². The Morgan fingerprint density at radius 1 is 1.39 bits per heavy atom. The van der Waals surface area contributed by atoms with E-state index in [1.165, 1.54) is 0 Å². The van der Waals surface area contributed by atoms with Gasteiger partial charge in [0.25, 0.3) is 0 Å². The summed E-state index contributed by atoms with van der Waals surface area (Å²) < 4.78 is 0. The number of urea groups is 1. The van der Waals surface area contributed by atoms with E-state index in [9.17, 15) is 9.59 Å². The van der Waals surface area contributed by atoms with E-state index in [1.807, 2.05) is 6.92 Å². The number of carbonyl (C=O) groups is 2. The van der Waals surface area contributed by atoms with Crippen molar-refractivity contribution in [3.63, 3.8) is 0 Å². The summed E-state index contributed by atoms with van der Waals surface area (Å²) in [6, 6.07) is -0.0962. The van der Waals surface area contributed by atoms with Crippen molar-refractivity contribution in [1.82, 2.24) is 10.2 Å². The lowest BCUT2D eigenvalue weighted by Crippen LogP contribution is -2.51. The first-order chi connectivity index (χ1) is 8.20. The van der Waals surface area contributed by atoms with Gasteiger partial charge < -0.3 is 15.3 Å². The number of hydrogen-bond acceptors (Lipinski definition) is 2. The third-order valence-electron chi connectivity index (χ3n) is 3.26. The van der Waals surface area contributed by atoms with Crippen molar-refractivity contribution in [3.8, 4) is 0 Å². The monoisotopic (exact) mass is 256 g/mol.